The van der Waals surface area contributed by atoms with Gasteiger partial charge in [0.25, 0.3) is 0 Å². The fourth-order valence-electron chi connectivity index (χ4n) is 2.98. The summed E-state index contributed by atoms with van der Waals surface area (Å²) in [6, 6.07) is 14.0. The molecule has 0 unspecified atom stereocenters. The average molecular weight is 350 g/mol. The summed E-state index contributed by atoms with van der Waals surface area (Å²) >= 11 is 7.35. The third kappa shape index (κ3) is 4.56. The third-order valence-corrected chi connectivity index (χ3v) is 5.33. The molecule has 0 saturated carbocycles. The van der Waals surface area contributed by atoms with E-state index in [0.717, 1.165) is 28.7 Å². The summed E-state index contributed by atoms with van der Waals surface area (Å²) in [5.74, 6) is 0.364. The van der Waals surface area contributed by atoms with Crippen LogP contribution in [0.3, 0.4) is 0 Å². The van der Waals surface area contributed by atoms with E-state index in [0.29, 0.717) is 18.9 Å². The fourth-order valence-corrected chi connectivity index (χ4v) is 4.06. The van der Waals surface area contributed by atoms with Crippen molar-refractivity contribution in [3.05, 3.63) is 57.2 Å². The van der Waals surface area contributed by atoms with E-state index in [1.807, 2.05) is 30.3 Å². The van der Waals surface area contributed by atoms with E-state index in [-0.39, 0.29) is 12.0 Å². The molecule has 5 heteroatoms. The monoisotopic (exact) mass is 349 g/mol. The Bertz CT molecular complexity index is 643. The SMILES string of the molecule is O=C(Cc1ccc(Cl)s1)NC[C@@H]1CCCO[C@@H]1c1ccccc1. The number of halogens is 1. The van der Waals surface area contributed by atoms with Gasteiger partial charge in [0.05, 0.1) is 16.9 Å². The van der Waals surface area contributed by atoms with E-state index in [1.54, 1.807) is 0 Å². The molecule has 2 atom stereocenters. The summed E-state index contributed by atoms with van der Waals surface area (Å²) in [5, 5.41) is 3.05. The number of carbonyl (C=O) groups is 1. The van der Waals surface area contributed by atoms with Gasteiger partial charge in [0, 0.05) is 23.9 Å². The van der Waals surface area contributed by atoms with Crippen molar-refractivity contribution in [1.82, 2.24) is 5.32 Å². The number of rotatable bonds is 5. The first-order valence-corrected chi connectivity index (χ1v) is 9.09. The molecule has 1 aliphatic rings. The highest BCUT2D eigenvalue weighted by Crippen LogP contribution is 2.33. The Morgan fingerprint density at radius 3 is 2.83 bits per heavy atom. The molecule has 1 amide bonds. The zero-order valence-corrected chi connectivity index (χ0v) is 14.4. The Labute approximate surface area is 145 Å². The molecule has 0 spiro atoms. The molecule has 23 heavy (non-hydrogen) atoms. The van der Waals surface area contributed by atoms with Crippen LogP contribution in [0.2, 0.25) is 4.34 Å². The molecule has 1 saturated heterocycles. The molecule has 1 N–H and O–H groups in total. The molecule has 3 rings (SSSR count). The zero-order chi connectivity index (χ0) is 16.1. The summed E-state index contributed by atoms with van der Waals surface area (Å²) in [5.41, 5.74) is 1.19. The third-order valence-electron chi connectivity index (χ3n) is 4.10. The Balaban J connectivity index is 1.56. The van der Waals surface area contributed by atoms with Gasteiger partial charge in [-0.15, -0.1) is 11.3 Å². The molecule has 1 aromatic heterocycles. The first-order chi connectivity index (χ1) is 11.2. The molecule has 0 aliphatic carbocycles. The van der Waals surface area contributed by atoms with Crippen LogP contribution in [0, 0.1) is 5.92 Å². The Morgan fingerprint density at radius 2 is 2.09 bits per heavy atom. The minimum atomic E-state index is 0.0425. The summed E-state index contributed by atoms with van der Waals surface area (Å²) in [4.78, 5) is 13.1. The number of hydrogen-bond donors (Lipinski definition) is 1. The van der Waals surface area contributed by atoms with Gasteiger partial charge in [0.1, 0.15) is 0 Å². The summed E-state index contributed by atoms with van der Waals surface area (Å²) < 4.78 is 6.68. The molecule has 0 radical (unpaired) electrons. The Morgan fingerprint density at radius 1 is 1.26 bits per heavy atom. The van der Waals surface area contributed by atoms with Crippen molar-refractivity contribution in [2.24, 2.45) is 5.92 Å². The van der Waals surface area contributed by atoms with E-state index in [4.69, 9.17) is 16.3 Å². The predicted octanol–water partition coefficient (Wildman–Crippen LogP) is 4.23. The lowest BCUT2D eigenvalue weighted by Gasteiger charge is -2.32. The topological polar surface area (TPSA) is 38.3 Å². The Kier molecular flexibility index (Phi) is 5.70. The molecular weight excluding hydrogens is 330 g/mol. The lowest BCUT2D eigenvalue weighted by Crippen LogP contribution is -2.35. The van der Waals surface area contributed by atoms with Crippen LogP contribution in [0.4, 0.5) is 0 Å². The lowest BCUT2D eigenvalue weighted by atomic mass is 9.89. The highest BCUT2D eigenvalue weighted by molar-refractivity contribution is 7.16. The van der Waals surface area contributed by atoms with Crippen LogP contribution in [-0.2, 0) is 16.0 Å². The van der Waals surface area contributed by atoms with E-state index in [9.17, 15) is 4.79 Å². The van der Waals surface area contributed by atoms with Crippen molar-refractivity contribution >= 4 is 28.8 Å². The number of carbonyl (C=O) groups excluding carboxylic acids is 1. The molecular formula is C18H20ClNO2S. The van der Waals surface area contributed by atoms with Crippen LogP contribution in [0.15, 0.2) is 42.5 Å². The van der Waals surface area contributed by atoms with Gasteiger partial charge < -0.3 is 10.1 Å². The number of amides is 1. The molecule has 3 nitrogen and oxygen atoms in total. The highest BCUT2D eigenvalue weighted by Gasteiger charge is 2.27. The molecule has 1 aliphatic heterocycles. The molecule has 122 valence electrons. The van der Waals surface area contributed by atoms with Crippen molar-refractivity contribution in [3.63, 3.8) is 0 Å². The Hall–Kier alpha value is -1.36. The number of benzene rings is 1. The van der Waals surface area contributed by atoms with Crippen molar-refractivity contribution in [2.45, 2.75) is 25.4 Å². The van der Waals surface area contributed by atoms with Crippen LogP contribution in [-0.4, -0.2) is 19.1 Å². The fraction of sp³-hybridized carbons (Fsp3) is 0.389. The number of hydrogen-bond acceptors (Lipinski definition) is 3. The van der Waals surface area contributed by atoms with Crippen molar-refractivity contribution < 1.29 is 9.53 Å². The van der Waals surface area contributed by atoms with Gasteiger partial charge in [-0.3, -0.25) is 4.79 Å². The molecule has 1 fully saturated rings. The van der Waals surface area contributed by atoms with E-state index in [2.05, 4.69) is 17.4 Å². The van der Waals surface area contributed by atoms with E-state index in [1.165, 1.54) is 16.9 Å². The van der Waals surface area contributed by atoms with Gasteiger partial charge in [-0.1, -0.05) is 41.9 Å². The smallest absolute Gasteiger partial charge is 0.225 e. The first-order valence-electron chi connectivity index (χ1n) is 7.90. The van der Waals surface area contributed by atoms with Gasteiger partial charge in [-0.05, 0) is 30.5 Å². The second-order valence-electron chi connectivity index (χ2n) is 5.79. The van der Waals surface area contributed by atoms with Gasteiger partial charge in [-0.2, -0.15) is 0 Å². The zero-order valence-electron chi connectivity index (χ0n) is 12.8. The van der Waals surface area contributed by atoms with Crippen molar-refractivity contribution in [2.75, 3.05) is 13.2 Å². The van der Waals surface area contributed by atoms with E-state index >= 15 is 0 Å². The normalized spacial score (nSPS) is 21.1. The van der Waals surface area contributed by atoms with E-state index < -0.39 is 0 Å². The second-order valence-corrected chi connectivity index (χ2v) is 7.59. The molecule has 1 aromatic carbocycles. The molecule has 0 bridgehead atoms. The number of nitrogens with one attached hydrogen (secondary N) is 1. The first kappa shape index (κ1) is 16.5. The quantitative estimate of drug-likeness (QED) is 0.877. The number of thiophene rings is 1. The second kappa shape index (κ2) is 7.95. The van der Waals surface area contributed by atoms with Gasteiger partial charge in [0.2, 0.25) is 5.91 Å². The average Bonchev–Trinajstić information content (AvgIpc) is 2.99. The summed E-state index contributed by atoms with van der Waals surface area (Å²) in [6.45, 7) is 1.44. The largest absolute Gasteiger partial charge is 0.373 e. The standard InChI is InChI=1S/C18H20ClNO2S/c19-16-9-8-15(23-16)11-17(21)20-12-14-7-4-10-22-18(14)13-5-2-1-3-6-13/h1-3,5-6,8-9,14,18H,4,7,10-12H2,(H,20,21)/t14-,18+/m0/s1. The van der Waals surface area contributed by atoms with Gasteiger partial charge >= 0.3 is 0 Å². The minimum Gasteiger partial charge on any atom is -0.373 e. The van der Waals surface area contributed by atoms with Crippen molar-refractivity contribution in [1.29, 1.82) is 0 Å². The van der Waals surface area contributed by atoms with Gasteiger partial charge in [0.15, 0.2) is 0 Å². The predicted molar refractivity (Wildman–Crippen MR) is 93.9 cm³/mol. The maximum Gasteiger partial charge on any atom is 0.225 e. The van der Waals surface area contributed by atoms with Crippen LogP contribution in [0.5, 0.6) is 0 Å². The van der Waals surface area contributed by atoms with Gasteiger partial charge in [-0.25, -0.2) is 0 Å². The minimum absolute atomic E-state index is 0.0425. The number of ether oxygens (including phenoxy) is 1. The molecule has 2 heterocycles. The summed E-state index contributed by atoms with van der Waals surface area (Å²) in [7, 11) is 0. The maximum atomic E-state index is 12.1. The van der Waals surface area contributed by atoms with Crippen LogP contribution >= 0.6 is 22.9 Å². The maximum absolute atomic E-state index is 12.1. The van der Waals surface area contributed by atoms with Crippen LogP contribution < -0.4 is 5.32 Å². The highest BCUT2D eigenvalue weighted by atomic mass is 35.5. The lowest BCUT2D eigenvalue weighted by molar-refractivity contribution is -0.121. The van der Waals surface area contributed by atoms with Crippen LogP contribution in [0.1, 0.15) is 29.4 Å². The summed E-state index contributed by atoms with van der Waals surface area (Å²) in [6.07, 6.45) is 2.58. The van der Waals surface area contributed by atoms with Crippen LogP contribution in [0.25, 0.3) is 0 Å². The molecule has 2 aromatic rings. The van der Waals surface area contributed by atoms with Crippen molar-refractivity contribution in [3.8, 4) is 0 Å².